The fourth-order valence-corrected chi connectivity index (χ4v) is 4.59. The zero-order chi connectivity index (χ0) is 15.4. The lowest BCUT2D eigenvalue weighted by Gasteiger charge is -2.02. The topological polar surface area (TPSA) is 74.6 Å². The molecule has 1 aromatic carbocycles. The molecule has 6 heteroatoms. The number of allylic oxidation sites excluding steroid dienone is 1. The maximum absolute atomic E-state index is 12.1. The van der Waals surface area contributed by atoms with Gasteiger partial charge in [0, 0.05) is 11.0 Å². The van der Waals surface area contributed by atoms with Gasteiger partial charge in [0.15, 0.2) is 5.78 Å². The lowest BCUT2D eigenvalue weighted by molar-refractivity contribution is -0.134. The van der Waals surface area contributed by atoms with E-state index in [4.69, 9.17) is 0 Å². The molecule has 21 heavy (non-hydrogen) atoms. The molecule has 0 bridgehead atoms. The largest absolute Gasteiger partial charge is 0.508 e. The minimum absolute atomic E-state index is 0.0946. The lowest BCUT2D eigenvalue weighted by Crippen LogP contribution is -2.11. The summed E-state index contributed by atoms with van der Waals surface area (Å²) in [5.74, 6) is -0.836. The van der Waals surface area contributed by atoms with Crippen molar-refractivity contribution in [1.82, 2.24) is 0 Å². The first-order valence-corrected chi connectivity index (χ1v) is 8.12. The Morgan fingerprint density at radius 2 is 2.14 bits per heavy atom. The molecular formula is C15H14O4S2. The maximum Gasteiger partial charge on any atom is 0.341 e. The minimum Gasteiger partial charge on any atom is -0.508 e. The summed E-state index contributed by atoms with van der Waals surface area (Å²) in [5, 5.41) is 18.9. The highest BCUT2D eigenvalue weighted by Crippen LogP contribution is 2.43. The number of phenolic OH excluding ortho intramolecular Hbond substituents is 1. The predicted molar refractivity (Wildman–Crippen MR) is 86.3 cm³/mol. The molecule has 1 heterocycles. The fraction of sp³-hybridized carbons (Fsp3) is 0.200. The van der Waals surface area contributed by atoms with Gasteiger partial charge in [-0.2, -0.15) is 0 Å². The number of carboxylic acids is 1. The molecule has 0 saturated carbocycles. The summed E-state index contributed by atoms with van der Waals surface area (Å²) < 4.78 is 0.570. The molecule has 1 atom stereocenters. The highest BCUT2D eigenvalue weighted by Gasteiger charge is 2.27. The standard InChI is InChI=1S/C15H14O4S2/c1-9-8-20-15(21-9)13(14(18)19)12(17)6-5-10-3-2-4-11(16)7-10/h2-7,9,16H,8H2,1H3,(H,18,19)/b6-5+,15-13-. The molecule has 4 nitrogen and oxygen atoms in total. The number of ketones is 1. The van der Waals surface area contributed by atoms with Crippen molar-refractivity contribution in [2.24, 2.45) is 0 Å². The predicted octanol–water partition coefficient (Wildman–Crippen LogP) is 3.14. The number of carbonyl (C=O) groups excluding carboxylic acids is 1. The van der Waals surface area contributed by atoms with E-state index in [1.165, 1.54) is 47.8 Å². The highest BCUT2D eigenvalue weighted by atomic mass is 32.2. The number of aromatic hydroxyl groups is 1. The van der Waals surface area contributed by atoms with Crippen molar-refractivity contribution in [3.63, 3.8) is 0 Å². The summed E-state index contributed by atoms with van der Waals surface area (Å²) in [7, 11) is 0. The van der Waals surface area contributed by atoms with Gasteiger partial charge in [-0.1, -0.05) is 25.1 Å². The number of hydrogen-bond donors (Lipinski definition) is 2. The zero-order valence-electron chi connectivity index (χ0n) is 11.3. The smallest absolute Gasteiger partial charge is 0.341 e. The first-order valence-electron chi connectivity index (χ1n) is 6.26. The van der Waals surface area contributed by atoms with Gasteiger partial charge >= 0.3 is 5.97 Å². The Balaban J connectivity index is 2.22. The van der Waals surface area contributed by atoms with Crippen LogP contribution >= 0.6 is 23.5 Å². The van der Waals surface area contributed by atoms with Crippen LogP contribution in [-0.4, -0.2) is 33.0 Å². The number of carboxylic acid groups (broad SMARTS) is 1. The molecule has 1 aliphatic rings. The van der Waals surface area contributed by atoms with E-state index in [-0.39, 0.29) is 11.3 Å². The van der Waals surface area contributed by atoms with Crippen LogP contribution < -0.4 is 0 Å². The van der Waals surface area contributed by atoms with E-state index in [2.05, 4.69) is 0 Å². The average Bonchev–Trinajstić information content (AvgIpc) is 2.82. The summed E-state index contributed by atoms with van der Waals surface area (Å²) in [4.78, 5) is 23.4. The van der Waals surface area contributed by atoms with Crippen molar-refractivity contribution in [1.29, 1.82) is 0 Å². The van der Waals surface area contributed by atoms with Crippen molar-refractivity contribution in [3.8, 4) is 5.75 Å². The van der Waals surface area contributed by atoms with E-state index in [1.54, 1.807) is 12.1 Å². The molecule has 2 N–H and O–H groups in total. The van der Waals surface area contributed by atoms with Gasteiger partial charge in [-0.05, 0) is 23.8 Å². The molecule has 110 valence electrons. The second kappa shape index (κ2) is 6.87. The minimum atomic E-state index is -1.20. The first-order chi connectivity index (χ1) is 9.97. The van der Waals surface area contributed by atoms with Crippen LogP contribution in [0.4, 0.5) is 0 Å². The fourth-order valence-electron chi connectivity index (χ4n) is 1.75. The molecule has 0 amide bonds. The third kappa shape index (κ3) is 4.15. The number of thioether (sulfide) groups is 2. The molecule has 2 rings (SSSR count). The molecule has 0 radical (unpaired) electrons. The SMILES string of the molecule is CC1CS/C(=C(/C(=O)O)C(=O)/C=C/c2cccc(O)c2)S1. The molecule has 0 spiro atoms. The lowest BCUT2D eigenvalue weighted by atomic mass is 10.1. The van der Waals surface area contributed by atoms with E-state index < -0.39 is 11.8 Å². The molecule has 1 aliphatic heterocycles. The second-order valence-corrected chi connectivity index (χ2v) is 7.24. The molecule has 1 unspecified atom stereocenters. The third-order valence-electron chi connectivity index (χ3n) is 2.72. The van der Waals surface area contributed by atoms with Crippen LogP contribution in [0, 0.1) is 0 Å². The van der Waals surface area contributed by atoms with E-state index in [9.17, 15) is 19.8 Å². The summed E-state index contributed by atoms with van der Waals surface area (Å²) in [6, 6.07) is 6.40. The van der Waals surface area contributed by atoms with Gasteiger partial charge in [-0.25, -0.2) is 4.79 Å². The molecule has 1 aromatic rings. The van der Waals surface area contributed by atoms with Crippen molar-refractivity contribution in [3.05, 3.63) is 45.7 Å². The van der Waals surface area contributed by atoms with Crippen molar-refractivity contribution < 1.29 is 19.8 Å². The van der Waals surface area contributed by atoms with E-state index in [0.717, 1.165) is 5.75 Å². The van der Waals surface area contributed by atoms with Crippen LogP contribution in [0.3, 0.4) is 0 Å². The quantitative estimate of drug-likeness (QED) is 0.504. The van der Waals surface area contributed by atoms with Crippen molar-refractivity contribution in [2.45, 2.75) is 12.2 Å². The Hall–Kier alpha value is -1.66. The summed E-state index contributed by atoms with van der Waals surface area (Å²) >= 11 is 2.83. The van der Waals surface area contributed by atoms with Crippen molar-refractivity contribution in [2.75, 3.05) is 5.75 Å². The van der Waals surface area contributed by atoms with Gasteiger partial charge < -0.3 is 10.2 Å². The van der Waals surface area contributed by atoms with Gasteiger partial charge in [-0.3, -0.25) is 4.79 Å². The maximum atomic E-state index is 12.1. The van der Waals surface area contributed by atoms with Crippen LogP contribution in [0.15, 0.2) is 40.2 Å². The second-order valence-electron chi connectivity index (χ2n) is 4.50. The van der Waals surface area contributed by atoms with Crippen LogP contribution in [0.1, 0.15) is 12.5 Å². The van der Waals surface area contributed by atoms with Gasteiger partial charge in [0.25, 0.3) is 0 Å². The monoisotopic (exact) mass is 322 g/mol. The van der Waals surface area contributed by atoms with E-state index in [0.29, 0.717) is 15.1 Å². The van der Waals surface area contributed by atoms with Crippen LogP contribution in [0.2, 0.25) is 0 Å². The summed E-state index contributed by atoms with van der Waals surface area (Å²) in [6.07, 6.45) is 2.73. The molecule has 1 saturated heterocycles. The van der Waals surface area contributed by atoms with Gasteiger partial charge in [0.2, 0.25) is 0 Å². The zero-order valence-corrected chi connectivity index (χ0v) is 12.9. The number of aliphatic carboxylic acids is 1. The Morgan fingerprint density at radius 3 is 2.71 bits per heavy atom. The van der Waals surface area contributed by atoms with Crippen LogP contribution in [0.5, 0.6) is 5.75 Å². The number of hydrogen-bond acceptors (Lipinski definition) is 5. The summed E-state index contributed by atoms with van der Waals surface area (Å²) in [5.41, 5.74) is 0.462. The normalized spacial score (nSPS) is 20.7. The Labute approximate surface area is 130 Å². The van der Waals surface area contributed by atoms with Gasteiger partial charge in [-0.15, -0.1) is 23.5 Å². The molecular weight excluding hydrogens is 308 g/mol. The number of phenols is 1. The van der Waals surface area contributed by atoms with Crippen LogP contribution in [-0.2, 0) is 9.59 Å². The molecule has 0 aliphatic carbocycles. The van der Waals surface area contributed by atoms with Gasteiger partial charge in [0.05, 0.1) is 4.24 Å². The van der Waals surface area contributed by atoms with Crippen molar-refractivity contribution >= 4 is 41.4 Å². The highest BCUT2D eigenvalue weighted by molar-refractivity contribution is 8.25. The Morgan fingerprint density at radius 1 is 1.38 bits per heavy atom. The number of benzene rings is 1. The summed E-state index contributed by atoms with van der Waals surface area (Å²) in [6.45, 7) is 2.00. The Kier molecular flexibility index (Phi) is 5.14. The van der Waals surface area contributed by atoms with Gasteiger partial charge in [0.1, 0.15) is 11.3 Å². The number of carbonyl (C=O) groups is 2. The van der Waals surface area contributed by atoms with Crippen LogP contribution in [0.25, 0.3) is 6.08 Å². The first kappa shape index (κ1) is 15.7. The Bertz CT molecular complexity index is 634. The molecule has 1 fully saturated rings. The molecule has 0 aromatic heterocycles. The third-order valence-corrected chi connectivity index (χ3v) is 5.69. The average molecular weight is 322 g/mol. The van der Waals surface area contributed by atoms with E-state index >= 15 is 0 Å². The number of rotatable bonds is 4. The van der Waals surface area contributed by atoms with E-state index in [1.807, 2.05) is 6.92 Å².